The van der Waals surface area contributed by atoms with E-state index in [0.717, 1.165) is 31.6 Å². The molecule has 0 radical (unpaired) electrons. The Kier molecular flexibility index (Phi) is 3.24. The van der Waals surface area contributed by atoms with Gasteiger partial charge in [-0.1, -0.05) is 0 Å². The number of hydrogen-bond acceptors (Lipinski definition) is 3. The molecule has 1 fully saturated rings. The van der Waals surface area contributed by atoms with Crippen LogP contribution in [0.1, 0.15) is 18.4 Å². The number of hydrogen-bond donors (Lipinski definition) is 1. The van der Waals surface area contributed by atoms with E-state index in [1.807, 2.05) is 4.90 Å². The summed E-state index contributed by atoms with van der Waals surface area (Å²) in [5.74, 6) is 0.563. The molecule has 1 saturated heterocycles. The number of pyridine rings is 1. The van der Waals surface area contributed by atoms with Gasteiger partial charge in [0.2, 0.25) is 0 Å². The summed E-state index contributed by atoms with van der Waals surface area (Å²) in [4.78, 5) is 5.78. The Hall–Kier alpha value is -1.30. The SMILES string of the molecule is NC1CCCN(c2ccc(C(F)(F)F)cn2)C1. The molecule has 0 aliphatic carbocycles. The molecule has 0 spiro atoms. The van der Waals surface area contributed by atoms with Crippen LogP contribution >= 0.6 is 0 Å². The lowest BCUT2D eigenvalue weighted by molar-refractivity contribution is -0.137. The van der Waals surface area contributed by atoms with Crippen LogP contribution in [-0.2, 0) is 6.18 Å². The highest BCUT2D eigenvalue weighted by atomic mass is 19.4. The third kappa shape index (κ3) is 2.88. The molecule has 1 aromatic heterocycles. The van der Waals surface area contributed by atoms with Crippen LogP contribution in [0, 0.1) is 0 Å². The van der Waals surface area contributed by atoms with E-state index in [0.29, 0.717) is 12.4 Å². The van der Waals surface area contributed by atoms with Crippen LogP contribution in [0.15, 0.2) is 18.3 Å². The molecule has 2 rings (SSSR count). The number of halogens is 3. The number of rotatable bonds is 1. The highest BCUT2D eigenvalue weighted by molar-refractivity contribution is 5.40. The summed E-state index contributed by atoms with van der Waals surface area (Å²) in [7, 11) is 0. The Bertz CT molecular complexity index is 375. The fourth-order valence-corrected chi connectivity index (χ4v) is 1.96. The van der Waals surface area contributed by atoms with Gasteiger partial charge < -0.3 is 10.6 Å². The summed E-state index contributed by atoms with van der Waals surface area (Å²) in [5.41, 5.74) is 5.09. The first-order chi connectivity index (χ1) is 7.97. The van der Waals surface area contributed by atoms with Crippen molar-refractivity contribution in [1.82, 2.24) is 4.98 Å². The number of nitrogens with two attached hydrogens (primary N) is 1. The molecule has 6 heteroatoms. The van der Waals surface area contributed by atoms with E-state index in [2.05, 4.69) is 4.98 Å². The molecule has 0 saturated carbocycles. The molecule has 1 aliphatic rings. The Labute approximate surface area is 97.4 Å². The van der Waals surface area contributed by atoms with E-state index < -0.39 is 11.7 Å². The molecule has 94 valence electrons. The maximum Gasteiger partial charge on any atom is 0.417 e. The zero-order valence-electron chi connectivity index (χ0n) is 9.24. The number of anilines is 1. The Morgan fingerprint density at radius 3 is 2.65 bits per heavy atom. The normalized spacial score (nSPS) is 21.6. The van der Waals surface area contributed by atoms with Crippen molar-refractivity contribution in [3.8, 4) is 0 Å². The highest BCUT2D eigenvalue weighted by Crippen LogP contribution is 2.29. The molecule has 0 bridgehead atoms. The summed E-state index contributed by atoms with van der Waals surface area (Å²) < 4.78 is 37.1. The molecule has 1 unspecified atom stereocenters. The number of aromatic nitrogens is 1. The summed E-state index contributed by atoms with van der Waals surface area (Å²) in [6.07, 6.45) is -1.56. The summed E-state index contributed by atoms with van der Waals surface area (Å²) in [6.45, 7) is 1.45. The summed E-state index contributed by atoms with van der Waals surface area (Å²) in [6, 6.07) is 2.54. The standard InChI is InChI=1S/C11H14F3N3/c12-11(13,14)8-3-4-10(16-6-8)17-5-1-2-9(15)7-17/h3-4,6,9H,1-2,5,7,15H2. The molecule has 1 atom stereocenters. The van der Waals surface area contributed by atoms with Gasteiger partial charge in [-0.15, -0.1) is 0 Å². The first kappa shape index (κ1) is 12.2. The maximum absolute atomic E-state index is 12.4. The van der Waals surface area contributed by atoms with Gasteiger partial charge in [-0.3, -0.25) is 0 Å². The molecule has 1 aromatic rings. The van der Waals surface area contributed by atoms with Crippen molar-refractivity contribution < 1.29 is 13.2 Å². The molecular formula is C11H14F3N3. The third-order valence-electron chi connectivity index (χ3n) is 2.86. The fraction of sp³-hybridized carbons (Fsp3) is 0.545. The summed E-state index contributed by atoms with van der Waals surface area (Å²) >= 11 is 0. The maximum atomic E-state index is 12.4. The average Bonchev–Trinajstić information content (AvgIpc) is 2.28. The third-order valence-corrected chi connectivity index (χ3v) is 2.86. The lowest BCUT2D eigenvalue weighted by Crippen LogP contribution is -2.43. The molecule has 0 amide bonds. The highest BCUT2D eigenvalue weighted by Gasteiger charge is 2.31. The van der Waals surface area contributed by atoms with Gasteiger partial charge in [-0.05, 0) is 25.0 Å². The predicted octanol–water partition coefficient (Wildman–Crippen LogP) is 2.03. The molecule has 2 N–H and O–H groups in total. The molecule has 17 heavy (non-hydrogen) atoms. The quantitative estimate of drug-likeness (QED) is 0.823. The second-order valence-corrected chi connectivity index (χ2v) is 4.25. The van der Waals surface area contributed by atoms with Crippen LogP contribution < -0.4 is 10.6 Å². The van der Waals surface area contributed by atoms with Crippen molar-refractivity contribution in [3.63, 3.8) is 0 Å². The van der Waals surface area contributed by atoms with Gasteiger partial charge >= 0.3 is 6.18 Å². The largest absolute Gasteiger partial charge is 0.417 e. The van der Waals surface area contributed by atoms with Crippen LogP contribution in [0.5, 0.6) is 0 Å². The average molecular weight is 245 g/mol. The monoisotopic (exact) mass is 245 g/mol. The van der Waals surface area contributed by atoms with Crippen LogP contribution in [0.4, 0.5) is 19.0 Å². The van der Waals surface area contributed by atoms with Gasteiger partial charge in [0.25, 0.3) is 0 Å². The topological polar surface area (TPSA) is 42.1 Å². The van der Waals surface area contributed by atoms with Crippen molar-refractivity contribution in [2.45, 2.75) is 25.1 Å². The first-order valence-corrected chi connectivity index (χ1v) is 5.50. The molecular weight excluding hydrogens is 231 g/mol. The van der Waals surface area contributed by atoms with Crippen LogP contribution in [0.2, 0.25) is 0 Å². The molecule has 3 nitrogen and oxygen atoms in total. The van der Waals surface area contributed by atoms with E-state index in [1.54, 1.807) is 0 Å². The number of alkyl halides is 3. The van der Waals surface area contributed by atoms with Crippen LogP contribution in [-0.4, -0.2) is 24.1 Å². The molecule has 2 heterocycles. The lowest BCUT2D eigenvalue weighted by Gasteiger charge is -2.31. The zero-order chi connectivity index (χ0) is 12.5. The van der Waals surface area contributed by atoms with Gasteiger partial charge in [-0.25, -0.2) is 4.98 Å². The smallest absolute Gasteiger partial charge is 0.355 e. The summed E-state index contributed by atoms with van der Waals surface area (Å²) in [5, 5.41) is 0. The van der Waals surface area contributed by atoms with Crippen molar-refractivity contribution in [2.24, 2.45) is 5.73 Å². The second-order valence-electron chi connectivity index (χ2n) is 4.25. The van der Waals surface area contributed by atoms with Crippen molar-refractivity contribution in [2.75, 3.05) is 18.0 Å². The molecule has 1 aliphatic heterocycles. The van der Waals surface area contributed by atoms with Crippen molar-refractivity contribution in [1.29, 1.82) is 0 Å². The minimum atomic E-state index is -4.33. The van der Waals surface area contributed by atoms with Gasteiger partial charge in [0.1, 0.15) is 5.82 Å². The second kappa shape index (κ2) is 4.52. The minimum Gasteiger partial charge on any atom is -0.355 e. The van der Waals surface area contributed by atoms with E-state index >= 15 is 0 Å². The lowest BCUT2D eigenvalue weighted by atomic mass is 10.1. The van der Waals surface area contributed by atoms with Gasteiger partial charge in [-0.2, -0.15) is 13.2 Å². The van der Waals surface area contributed by atoms with Crippen LogP contribution in [0.3, 0.4) is 0 Å². The van der Waals surface area contributed by atoms with E-state index in [-0.39, 0.29) is 6.04 Å². The van der Waals surface area contributed by atoms with Gasteiger partial charge in [0, 0.05) is 25.3 Å². The minimum absolute atomic E-state index is 0.0767. The van der Waals surface area contributed by atoms with Crippen molar-refractivity contribution in [3.05, 3.63) is 23.9 Å². The predicted molar refractivity (Wildman–Crippen MR) is 58.7 cm³/mol. The zero-order valence-corrected chi connectivity index (χ0v) is 9.24. The van der Waals surface area contributed by atoms with Gasteiger partial charge in [0.15, 0.2) is 0 Å². The van der Waals surface area contributed by atoms with E-state index in [4.69, 9.17) is 5.73 Å². The van der Waals surface area contributed by atoms with Crippen LogP contribution in [0.25, 0.3) is 0 Å². The number of piperidine rings is 1. The Balaban J connectivity index is 2.12. The van der Waals surface area contributed by atoms with Crippen molar-refractivity contribution >= 4 is 5.82 Å². The van der Waals surface area contributed by atoms with Gasteiger partial charge in [0.05, 0.1) is 5.56 Å². The first-order valence-electron chi connectivity index (χ1n) is 5.50. The molecule has 0 aromatic carbocycles. The Morgan fingerprint density at radius 2 is 2.12 bits per heavy atom. The van der Waals surface area contributed by atoms with E-state index in [1.165, 1.54) is 6.07 Å². The van der Waals surface area contributed by atoms with E-state index in [9.17, 15) is 13.2 Å². The number of nitrogens with zero attached hydrogens (tertiary/aromatic N) is 2. The fourth-order valence-electron chi connectivity index (χ4n) is 1.96. The Morgan fingerprint density at radius 1 is 1.35 bits per heavy atom.